The van der Waals surface area contributed by atoms with Crippen molar-refractivity contribution >= 4 is 18.0 Å². The van der Waals surface area contributed by atoms with Crippen LogP contribution in [0.4, 0.5) is 4.79 Å². The number of nitrogens with zero attached hydrogens (tertiary/aromatic N) is 1. The molecule has 2 aliphatic rings. The number of ether oxygens (including phenoxy) is 1. The van der Waals surface area contributed by atoms with E-state index in [0.717, 1.165) is 22.3 Å². The Morgan fingerprint density at radius 1 is 1.03 bits per heavy atom. The molecular formula is C26H30N2O5. The molecule has 2 N–H and O–H groups in total. The molecule has 0 radical (unpaired) electrons. The second-order valence-electron chi connectivity index (χ2n) is 9.36. The first-order valence-electron chi connectivity index (χ1n) is 11.4. The average Bonchev–Trinajstić information content (AvgIpc) is 3.34. The molecule has 2 aromatic rings. The lowest BCUT2D eigenvalue weighted by molar-refractivity contribution is -0.142. The van der Waals surface area contributed by atoms with Crippen LogP contribution in [-0.4, -0.2) is 53.7 Å². The number of nitrogens with one attached hydrogen (secondary N) is 1. The molecule has 33 heavy (non-hydrogen) atoms. The number of likely N-dealkylation sites (tertiary alicyclic amines) is 1. The van der Waals surface area contributed by atoms with Crippen molar-refractivity contribution in [1.82, 2.24) is 10.2 Å². The van der Waals surface area contributed by atoms with Crippen LogP contribution in [-0.2, 0) is 14.3 Å². The van der Waals surface area contributed by atoms with E-state index in [1.807, 2.05) is 45.0 Å². The Morgan fingerprint density at radius 3 is 2.12 bits per heavy atom. The van der Waals surface area contributed by atoms with Gasteiger partial charge in [0.05, 0.1) is 5.92 Å². The number of benzene rings is 2. The maximum atomic E-state index is 13.1. The highest BCUT2D eigenvalue weighted by Crippen LogP contribution is 2.44. The molecule has 1 saturated heterocycles. The maximum absolute atomic E-state index is 13.1. The van der Waals surface area contributed by atoms with E-state index in [9.17, 15) is 19.5 Å². The third kappa shape index (κ3) is 4.45. The first-order valence-corrected chi connectivity index (χ1v) is 11.4. The van der Waals surface area contributed by atoms with Crippen molar-refractivity contribution in [3.8, 4) is 11.1 Å². The normalized spacial score (nSPS) is 20.3. The number of fused-ring (bicyclic) bond motifs is 3. The summed E-state index contributed by atoms with van der Waals surface area (Å²) >= 11 is 0. The fourth-order valence-electron chi connectivity index (χ4n) is 4.95. The summed E-state index contributed by atoms with van der Waals surface area (Å²) in [5, 5.41) is 12.1. The number of carbonyl (C=O) groups excluding carboxylic acids is 2. The van der Waals surface area contributed by atoms with Crippen molar-refractivity contribution in [2.75, 3.05) is 19.7 Å². The summed E-state index contributed by atoms with van der Waals surface area (Å²) < 4.78 is 5.60. The Morgan fingerprint density at radius 2 is 1.61 bits per heavy atom. The fraction of sp³-hybridized carbons (Fsp3) is 0.423. The summed E-state index contributed by atoms with van der Waals surface area (Å²) in [6, 6.07) is 15.4. The highest BCUT2D eigenvalue weighted by Gasteiger charge is 2.40. The van der Waals surface area contributed by atoms with E-state index in [1.54, 1.807) is 0 Å². The van der Waals surface area contributed by atoms with Crippen LogP contribution in [0.5, 0.6) is 0 Å². The molecule has 0 saturated carbocycles. The van der Waals surface area contributed by atoms with E-state index in [1.165, 1.54) is 4.90 Å². The quantitative estimate of drug-likeness (QED) is 0.699. The van der Waals surface area contributed by atoms with Crippen molar-refractivity contribution in [2.24, 2.45) is 17.8 Å². The summed E-state index contributed by atoms with van der Waals surface area (Å²) in [5.74, 6) is -2.12. The molecule has 174 valence electrons. The zero-order valence-corrected chi connectivity index (χ0v) is 19.2. The molecule has 2 amide bonds. The van der Waals surface area contributed by atoms with Crippen LogP contribution < -0.4 is 5.32 Å². The molecule has 1 unspecified atom stereocenters. The molecule has 0 bridgehead atoms. The average molecular weight is 451 g/mol. The van der Waals surface area contributed by atoms with Crippen LogP contribution in [0.2, 0.25) is 0 Å². The van der Waals surface area contributed by atoms with Gasteiger partial charge in [-0.3, -0.25) is 9.59 Å². The molecule has 3 atom stereocenters. The van der Waals surface area contributed by atoms with Gasteiger partial charge in [-0.15, -0.1) is 0 Å². The molecule has 7 nitrogen and oxygen atoms in total. The van der Waals surface area contributed by atoms with Gasteiger partial charge in [0.15, 0.2) is 0 Å². The van der Waals surface area contributed by atoms with Gasteiger partial charge in [-0.05, 0) is 34.1 Å². The van der Waals surface area contributed by atoms with Crippen molar-refractivity contribution in [2.45, 2.75) is 32.7 Å². The first kappa shape index (κ1) is 22.8. The van der Waals surface area contributed by atoms with E-state index in [4.69, 9.17) is 4.74 Å². The van der Waals surface area contributed by atoms with Crippen LogP contribution in [0.25, 0.3) is 11.1 Å². The molecule has 4 rings (SSSR count). The summed E-state index contributed by atoms with van der Waals surface area (Å²) in [6.45, 7) is 6.22. The van der Waals surface area contributed by atoms with Crippen LogP contribution in [0.15, 0.2) is 48.5 Å². The molecule has 1 heterocycles. The van der Waals surface area contributed by atoms with Crippen molar-refractivity contribution in [1.29, 1.82) is 0 Å². The van der Waals surface area contributed by atoms with E-state index in [2.05, 4.69) is 29.6 Å². The highest BCUT2D eigenvalue weighted by molar-refractivity contribution is 5.87. The van der Waals surface area contributed by atoms with Gasteiger partial charge in [-0.1, -0.05) is 69.3 Å². The van der Waals surface area contributed by atoms with Crippen LogP contribution >= 0.6 is 0 Å². The summed E-state index contributed by atoms with van der Waals surface area (Å²) in [4.78, 5) is 38.7. The van der Waals surface area contributed by atoms with Gasteiger partial charge in [0.25, 0.3) is 0 Å². The number of carbonyl (C=O) groups is 3. The molecule has 0 spiro atoms. The standard InChI is InChI=1S/C26H30N2O5/c1-15(2)23(24(29)28-12-16(3)21(13-28)25(30)31)27-26(32)33-14-22-19-10-6-4-8-17(19)18-9-5-7-11-20(18)22/h4-11,15-16,21-23H,12-14H2,1-3H3,(H,27,32)(H,30,31)/t16-,21-,23?/m0/s1. The minimum atomic E-state index is -0.900. The number of carboxylic acid groups (broad SMARTS) is 1. The first-order chi connectivity index (χ1) is 15.8. The lowest BCUT2D eigenvalue weighted by Gasteiger charge is -2.27. The van der Waals surface area contributed by atoms with Crippen LogP contribution in [0.1, 0.15) is 37.8 Å². The van der Waals surface area contributed by atoms with Crippen molar-refractivity contribution in [3.05, 3.63) is 59.7 Å². The molecular weight excluding hydrogens is 420 g/mol. The van der Waals surface area contributed by atoms with Crippen molar-refractivity contribution < 1.29 is 24.2 Å². The van der Waals surface area contributed by atoms with Crippen LogP contribution in [0, 0.1) is 17.8 Å². The molecule has 2 aromatic carbocycles. The van der Waals surface area contributed by atoms with Gasteiger partial charge in [0, 0.05) is 19.0 Å². The highest BCUT2D eigenvalue weighted by atomic mass is 16.5. The lowest BCUT2D eigenvalue weighted by Crippen LogP contribution is -2.51. The van der Waals surface area contributed by atoms with E-state index in [0.29, 0.717) is 6.54 Å². The molecule has 0 aromatic heterocycles. The van der Waals surface area contributed by atoms with Gasteiger partial charge in [-0.25, -0.2) is 4.79 Å². The number of hydrogen-bond donors (Lipinski definition) is 2. The second-order valence-corrected chi connectivity index (χ2v) is 9.36. The molecule has 7 heteroatoms. The largest absolute Gasteiger partial charge is 0.481 e. The van der Waals surface area contributed by atoms with Gasteiger partial charge >= 0.3 is 12.1 Å². The van der Waals surface area contributed by atoms with Crippen molar-refractivity contribution in [3.63, 3.8) is 0 Å². The van der Waals surface area contributed by atoms with Crippen LogP contribution in [0.3, 0.4) is 0 Å². The minimum Gasteiger partial charge on any atom is -0.481 e. The fourth-order valence-corrected chi connectivity index (χ4v) is 4.95. The summed E-state index contributed by atoms with van der Waals surface area (Å²) in [7, 11) is 0. The second kappa shape index (κ2) is 9.25. The number of aliphatic carboxylic acids is 1. The Kier molecular flexibility index (Phi) is 6.40. The Labute approximate surface area is 193 Å². The zero-order chi connectivity index (χ0) is 23.7. The van der Waals surface area contributed by atoms with E-state index < -0.39 is 24.0 Å². The molecule has 1 fully saturated rings. The van der Waals surface area contributed by atoms with Gasteiger partial charge in [-0.2, -0.15) is 0 Å². The maximum Gasteiger partial charge on any atom is 0.407 e. The molecule has 1 aliphatic carbocycles. The number of hydrogen-bond acceptors (Lipinski definition) is 4. The predicted molar refractivity (Wildman–Crippen MR) is 124 cm³/mol. The topological polar surface area (TPSA) is 95.9 Å². The smallest absolute Gasteiger partial charge is 0.407 e. The number of alkyl carbamates (subject to hydrolysis) is 1. The Bertz CT molecular complexity index is 1020. The van der Waals surface area contributed by atoms with Gasteiger partial charge in [0.2, 0.25) is 5.91 Å². The number of rotatable bonds is 6. The van der Waals surface area contributed by atoms with E-state index in [-0.39, 0.29) is 36.8 Å². The Hall–Kier alpha value is -3.35. The van der Waals surface area contributed by atoms with Gasteiger partial charge in [0.1, 0.15) is 12.6 Å². The number of amides is 2. The molecule has 1 aliphatic heterocycles. The van der Waals surface area contributed by atoms with Gasteiger partial charge < -0.3 is 20.1 Å². The zero-order valence-electron chi connectivity index (χ0n) is 19.2. The predicted octanol–water partition coefficient (Wildman–Crippen LogP) is 3.73. The minimum absolute atomic E-state index is 0.0629. The summed E-state index contributed by atoms with van der Waals surface area (Å²) in [5.41, 5.74) is 4.53. The SMILES string of the molecule is CC(C)C(NC(=O)OCC1c2ccccc2-c2ccccc21)C(=O)N1C[C@H](C(=O)O)[C@@H](C)C1. The third-order valence-electron chi connectivity index (χ3n) is 6.79. The third-order valence-corrected chi connectivity index (χ3v) is 6.79. The lowest BCUT2D eigenvalue weighted by atomic mass is 9.98. The Balaban J connectivity index is 1.41. The summed E-state index contributed by atoms with van der Waals surface area (Å²) in [6.07, 6.45) is -0.647. The van der Waals surface area contributed by atoms with E-state index >= 15 is 0 Å². The number of carboxylic acids is 1. The monoisotopic (exact) mass is 450 g/mol.